The van der Waals surface area contributed by atoms with Crippen molar-refractivity contribution in [2.45, 2.75) is 52.1 Å². The molecule has 2 nitrogen and oxygen atoms in total. The van der Waals surface area contributed by atoms with Gasteiger partial charge in [-0.2, -0.15) is 0 Å². The average Bonchev–Trinajstić information content (AvgIpc) is 2.39. The highest BCUT2D eigenvalue weighted by molar-refractivity contribution is 5.86. The maximum absolute atomic E-state index is 12.0. The van der Waals surface area contributed by atoms with Crippen molar-refractivity contribution >= 4 is 5.78 Å². The number of hydrogen-bond acceptors (Lipinski definition) is 2. The lowest BCUT2D eigenvalue weighted by molar-refractivity contribution is -0.135. The minimum absolute atomic E-state index is 0.303. The smallest absolute Gasteiger partial charge is 0.141 e. The summed E-state index contributed by atoms with van der Waals surface area (Å²) in [6.07, 6.45) is 4.30. The first-order valence-corrected chi connectivity index (χ1v) is 5.78. The van der Waals surface area contributed by atoms with Gasteiger partial charge in [-0.1, -0.05) is 6.92 Å². The molecule has 2 rings (SSSR count). The molecule has 0 aromatic carbocycles. The molecular formula is C12H20O2. The second kappa shape index (κ2) is 3.34. The van der Waals surface area contributed by atoms with Crippen molar-refractivity contribution in [2.75, 3.05) is 0 Å². The van der Waals surface area contributed by atoms with Crippen LogP contribution in [0.3, 0.4) is 0 Å². The molecule has 0 aliphatic heterocycles. The Morgan fingerprint density at radius 2 is 2.07 bits per heavy atom. The molecule has 2 aliphatic carbocycles. The van der Waals surface area contributed by atoms with Crippen LogP contribution in [0.15, 0.2) is 0 Å². The Balaban J connectivity index is 2.34. The molecule has 2 saturated carbocycles. The predicted octanol–water partition coefficient (Wildman–Crippen LogP) is 2.15. The zero-order valence-corrected chi connectivity index (χ0v) is 9.12. The highest BCUT2D eigenvalue weighted by Gasteiger charge is 2.53. The lowest BCUT2D eigenvalue weighted by Gasteiger charge is -2.34. The monoisotopic (exact) mass is 196 g/mol. The summed E-state index contributed by atoms with van der Waals surface area (Å²) in [6.45, 7) is 4.22. The van der Waals surface area contributed by atoms with Crippen LogP contribution < -0.4 is 0 Å². The van der Waals surface area contributed by atoms with E-state index in [1.807, 2.05) is 6.92 Å². The van der Waals surface area contributed by atoms with Crippen LogP contribution in [-0.4, -0.2) is 17.0 Å². The number of aliphatic hydroxyl groups excluding tert-OH is 1. The van der Waals surface area contributed by atoms with E-state index in [1.165, 1.54) is 0 Å². The quantitative estimate of drug-likeness (QED) is 0.644. The first kappa shape index (κ1) is 10.2. The fourth-order valence-electron chi connectivity index (χ4n) is 3.51. The Hall–Kier alpha value is -0.370. The second-order valence-corrected chi connectivity index (χ2v) is 5.28. The third-order valence-electron chi connectivity index (χ3n) is 4.56. The Labute approximate surface area is 85.7 Å². The van der Waals surface area contributed by atoms with Gasteiger partial charge in [-0.3, -0.25) is 4.79 Å². The summed E-state index contributed by atoms with van der Waals surface area (Å²) >= 11 is 0. The van der Waals surface area contributed by atoms with Gasteiger partial charge in [0.25, 0.3) is 0 Å². The summed E-state index contributed by atoms with van der Waals surface area (Å²) in [4.78, 5) is 12.0. The van der Waals surface area contributed by atoms with Gasteiger partial charge in [0.05, 0.1) is 11.5 Å². The van der Waals surface area contributed by atoms with Gasteiger partial charge < -0.3 is 5.11 Å². The van der Waals surface area contributed by atoms with Crippen LogP contribution in [0.4, 0.5) is 0 Å². The molecule has 2 heteroatoms. The van der Waals surface area contributed by atoms with E-state index in [2.05, 4.69) is 6.92 Å². The Morgan fingerprint density at radius 3 is 2.79 bits per heavy atom. The Bertz CT molecular complexity index is 249. The van der Waals surface area contributed by atoms with Crippen molar-refractivity contribution in [1.29, 1.82) is 0 Å². The van der Waals surface area contributed by atoms with Crippen molar-refractivity contribution in [3.05, 3.63) is 0 Å². The molecule has 2 aliphatic rings. The van der Waals surface area contributed by atoms with Crippen LogP contribution in [0.2, 0.25) is 0 Å². The number of carbonyl (C=O) groups excluding carboxylic acids is 1. The standard InChI is InChI=1S/C12H20O2/c1-8-4-3-5-10(13)12(2)9(8)6-7-11(12)14/h8-9,11,14H,3-7H2,1-2H3/t8-,9-,11-,12+/m0/s1. The van der Waals surface area contributed by atoms with Crippen molar-refractivity contribution in [3.63, 3.8) is 0 Å². The fourth-order valence-corrected chi connectivity index (χ4v) is 3.51. The largest absolute Gasteiger partial charge is 0.392 e. The van der Waals surface area contributed by atoms with E-state index in [1.54, 1.807) is 0 Å². The van der Waals surface area contributed by atoms with Gasteiger partial charge in [-0.05, 0) is 44.4 Å². The highest BCUT2D eigenvalue weighted by Crippen LogP contribution is 2.51. The molecule has 4 atom stereocenters. The molecule has 0 bridgehead atoms. The van der Waals surface area contributed by atoms with Crippen LogP contribution in [0, 0.1) is 17.3 Å². The summed E-state index contributed by atoms with van der Waals surface area (Å²) in [5.74, 6) is 1.33. The fraction of sp³-hybridized carbons (Fsp3) is 0.917. The minimum atomic E-state index is -0.421. The zero-order chi connectivity index (χ0) is 10.3. The van der Waals surface area contributed by atoms with E-state index in [9.17, 15) is 9.90 Å². The molecule has 0 amide bonds. The molecule has 1 N–H and O–H groups in total. The van der Waals surface area contributed by atoms with Gasteiger partial charge in [0.15, 0.2) is 0 Å². The van der Waals surface area contributed by atoms with Crippen molar-refractivity contribution in [2.24, 2.45) is 17.3 Å². The first-order chi connectivity index (χ1) is 6.56. The van der Waals surface area contributed by atoms with Crippen LogP contribution in [0.1, 0.15) is 46.0 Å². The van der Waals surface area contributed by atoms with Crippen molar-refractivity contribution in [3.8, 4) is 0 Å². The third-order valence-corrected chi connectivity index (χ3v) is 4.56. The van der Waals surface area contributed by atoms with E-state index in [0.717, 1.165) is 25.7 Å². The summed E-state index contributed by atoms with van der Waals surface area (Å²) in [5.41, 5.74) is -0.421. The molecule has 0 spiro atoms. The van der Waals surface area contributed by atoms with Gasteiger partial charge in [0.1, 0.15) is 5.78 Å². The highest BCUT2D eigenvalue weighted by atomic mass is 16.3. The molecule has 0 saturated heterocycles. The molecule has 2 fully saturated rings. The van der Waals surface area contributed by atoms with Crippen LogP contribution in [-0.2, 0) is 4.79 Å². The number of fused-ring (bicyclic) bond motifs is 1. The maximum atomic E-state index is 12.0. The lowest BCUT2D eigenvalue weighted by Crippen LogP contribution is -2.41. The van der Waals surface area contributed by atoms with E-state index in [4.69, 9.17) is 0 Å². The molecule has 0 heterocycles. The molecule has 0 radical (unpaired) electrons. The van der Waals surface area contributed by atoms with Crippen LogP contribution in [0.5, 0.6) is 0 Å². The average molecular weight is 196 g/mol. The van der Waals surface area contributed by atoms with Crippen LogP contribution in [0.25, 0.3) is 0 Å². The van der Waals surface area contributed by atoms with E-state index in [0.29, 0.717) is 24.0 Å². The minimum Gasteiger partial charge on any atom is -0.392 e. The van der Waals surface area contributed by atoms with Gasteiger partial charge >= 0.3 is 0 Å². The van der Waals surface area contributed by atoms with Gasteiger partial charge in [0.2, 0.25) is 0 Å². The number of hydrogen-bond donors (Lipinski definition) is 1. The predicted molar refractivity (Wildman–Crippen MR) is 54.9 cm³/mol. The van der Waals surface area contributed by atoms with Gasteiger partial charge in [-0.25, -0.2) is 0 Å². The maximum Gasteiger partial charge on any atom is 0.141 e. The Morgan fingerprint density at radius 1 is 1.36 bits per heavy atom. The number of aliphatic hydroxyl groups is 1. The van der Waals surface area contributed by atoms with Gasteiger partial charge in [0, 0.05) is 6.42 Å². The number of rotatable bonds is 0. The molecule has 14 heavy (non-hydrogen) atoms. The van der Waals surface area contributed by atoms with Gasteiger partial charge in [-0.15, -0.1) is 0 Å². The summed E-state index contributed by atoms with van der Waals surface area (Å²) in [6, 6.07) is 0. The topological polar surface area (TPSA) is 37.3 Å². The zero-order valence-electron chi connectivity index (χ0n) is 9.12. The SMILES string of the molecule is C[C@H]1CCCC(=O)[C@]2(C)[C@@H](O)CC[C@@H]12. The van der Waals surface area contributed by atoms with Crippen molar-refractivity contribution < 1.29 is 9.90 Å². The normalized spacial score (nSPS) is 48.8. The summed E-state index contributed by atoms with van der Waals surface area (Å²) < 4.78 is 0. The molecule has 0 unspecified atom stereocenters. The first-order valence-electron chi connectivity index (χ1n) is 5.78. The summed E-state index contributed by atoms with van der Waals surface area (Å²) in [7, 11) is 0. The van der Waals surface area contributed by atoms with E-state index < -0.39 is 5.41 Å². The second-order valence-electron chi connectivity index (χ2n) is 5.28. The van der Waals surface area contributed by atoms with E-state index >= 15 is 0 Å². The van der Waals surface area contributed by atoms with Crippen LogP contribution >= 0.6 is 0 Å². The number of ketones is 1. The molecular weight excluding hydrogens is 176 g/mol. The van der Waals surface area contributed by atoms with E-state index in [-0.39, 0.29) is 6.10 Å². The lowest BCUT2D eigenvalue weighted by atomic mass is 9.70. The molecule has 80 valence electrons. The molecule has 0 aromatic rings. The number of Topliss-reactive ketones (excluding diaryl/α,β-unsaturated/α-hetero) is 1. The third kappa shape index (κ3) is 1.23. The number of carbonyl (C=O) groups is 1. The Kier molecular flexibility index (Phi) is 2.42. The summed E-state index contributed by atoms with van der Waals surface area (Å²) in [5, 5.41) is 9.98. The van der Waals surface area contributed by atoms with Crippen molar-refractivity contribution in [1.82, 2.24) is 0 Å². The molecule has 0 aromatic heterocycles.